The first-order valence-electron chi connectivity index (χ1n) is 7.63. The minimum Gasteiger partial charge on any atom is -0.324 e. The Morgan fingerprint density at radius 1 is 1.23 bits per heavy atom. The highest BCUT2D eigenvalue weighted by Crippen LogP contribution is 2.14. The molecule has 22 heavy (non-hydrogen) atoms. The van der Waals surface area contributed by atoms with Gasteiger partial charge in [0.2, 0.25) is 0 Å². The maximum atomic E-state index is 12.5. The zero-order chi connectivity index (χ0) is 16.7. The van der Waals surface area contributed by atoms with Crippen LogP contribution >= 0.6 is 0 Å². The summed E-state index contributed by atoms with van der Waals surface area (Å²) in [4.78, 5) is 29.4. The van der Waals surface area contributed by atoms with E-state index in [0.29, 0.717) is 30.1 Å². The van der Waals surface area contributed by atoms with E-state index >= 15 is 0 Å². The Hall–Kier alpha value is -1.89. The summed E-state index contributed by atoms with van der Waals surface area (Å²) in [5, 5.41) is 0. The summed E-state index contributed by atoms with van der Waals surface area (Å²) in [5.74, 6) is 0.696. The number of unbranched alkanes of at least 4 members (excludes halogenated alkanes) is 1. The van der Waals surface area contributed by atoms with Crippen LogP contribution in [0.2, 0.25) is 0 Å². The van der Waals surface area contributed by atoms with Crippen molar-refractivity contribution in [3.63, 3.8) is 0 Å². The van der Waals surface area contributed by atoms with Crippen molar-refractivity contribution in [2.45, 2.75) is 59.2 Å². The summed E-state index contributed by atoms with van der Waals surface area (Å²) in [7, 11) is 1.51. The predicted molar refractivity (Wildman–Crippen MR) is 87.1 cm³/mol. The van der Waals surface area contributed by atoms with Gasteiger partial charge in [-0.1, -0.05) is 13.3 Å². The lowest BCUT2D eigenvalue weighted by atomic mass is 10.1. The lowest BCUT2D eigenvalue weighted by Crippen LogP contribution is -2.41. The number of rotatable bonds is 5. The van der Waals surface area contributed by atoms with E-state index in [1.807, 2.05) is 25.3 Å². The van der Waals surface area contributed by atoms with Crippen molar-refractivity contribution in [3.8, 4) is 0 Å². The normalized spacial score (nSPS) is 12.3. The van der Waals surface area contributed by atoms with Gasteiger partial charge in [0.1, 0.15) is 5.82 Å². The van der Waals surface area contributed by atoms with Crippen molar-refractivity contribution in [1.29, 1.82) is 0 Å². The van der Waals surface area contributed by atoms with Crippen LogP contribution in [0.4, 0.5) is 0 Å². The summed E-state index contributed by atoms with van der Waals surface area (Å²) < 4.78 is 4.56. The lowest BCUT2D eigenvalue weighted by molar-refractivity contribution is 0.434. The second-order valence-electron chi connectivity index (χ2n) is 6.56. The number of imidazole rings is 1. The molecule has 0 aliphatic heterocycles. The van der Waals surface area contributed by atoms with Gasteiger partial charge >= 0.3 is 5.69 Å². The Labute approximate surface area is 129 Å². The zero-order valence-electron chi connectivity index (χ0n) is 14.0. The molecule has 2 rings (SSSR count). The number of nitrogens with zero attached hydrogens (tertiary/aromatic N) is 4. The van der Waals surface area contributed by atoms with Crippen LogP contribution in [-0.4, -0.2) is 24.2 Å². The van der Waals surface area contributed by atoms with Gasteiger partial charge in [-0.3, -0.25) is 13.9 Å². The molecule has 122 valence electrons. The maximum Gasteiger partial charge on any atom is 0.332 e. The van der Waals surface area contributed by atoms with Crippen molar-refractivity contribution in [2.24, 2.45) is 12.8 Å². The van der Waals surface area contributed by atoms with Gasteiger partial charge in [0.15, 0.2) is 11.2 Å². The number of fused-ring (bicyclic) bond motifs is 1. The zero-order valence-corrected chi connectivity index (χ0v) is 14.0. The number of hydrogen-bond acceptors (Lipinski definition) is 4. The Balaban J connectivity index is 2.81. The molecule has 0 aliphatic carbocycles. The molecular weight excluding hydrogens is 282 g/mol. The highest BCUT2D eigenvalue weighted by molar-refractivity contribution is 5.71. The number of aromatic nitrogens is 4. The standard InChI is InChI=1S/C15H25N5O2/c1-6-7-8-19-12-11(13(21)18(5)14(19)22)20(10(2)17-12)9-15(3,4)16/h6-9,16H2,1-5H3. The van der Waals surface area contributed by atoms with E-state index in [-0.39, 0.29) is 11.2 Å². The highest BCUT2D eigenvalue weighted by Gasteiger charge is 2.21. The minimum absolute atomic E-state index is 0.317. The number of nitrogens with two attached hydrogens (primary N) is 1. The van der Waals surface area contributed by atoms with Gasteiger partial charge in [-0.25, -0.2) is 9.78 Å². The fraction of sp³-hybridized carbons (Fsp3) is 0.667. The smallest absolute Gasteiger partial charge is 0.324 e. The molecule has 0 saturated carbocycles. The van der Waals surface area contributed by atoms with Crippen LogP contribution in [0.5, 0.6) is 0 Å². The fourth-order valence-electron chi connectivity index (χ4n) is 2.58. The number of aryl methyl sites for hydroxylation is 2. The van der Waals surface area contributed by atoms with Crippen LogP contribution in [0.3, 0.4) is 0 Å². The summed E-state index contributed by atoms with van der Waals surface area (Å²) in [6, 6.07) is 0. The molecule has 0 aliphatic rings. The molecule has 0 fully saturated rings. The molecule has 0 spiro atoms. The second kappa shape index (κ2) is 5.72. The van der Waals surface area contributed by atoms with Gasteiger partial charge in [0.25, 0.3) is 5.56 Å². The molecular formula is C15H25N5O2. The molecule has 7 heteroatoms. The van der Waals surface area contributed by atoms with Gasteiger partial charge in [0.05, 0.1) is 0 Å². The molecule has 0 amide bonds. The van der Waals surface area contributed by atoms with Gasteiger partial charge in [-0.2, -0.15) is 0 Å². The van der Waals surface area contributed by atoms with E-state index in [0.717, 1.165) is 17.4 Å². The number of hydrogen-bond donors (Lipinski definition) is 1. The van der Waals surface area contributed by atoms with Crippen molar-refractivity contribution in [3.05, 3.63) is 26.7 Å². The molecule has 2 N–H and O–H groups in total. The first-order valence-corrected chi connectivity index (χ1v) is 7.63. The SMILES string of the molecule is CCCCn1c(=O)n(C)c(=O)c2c1nc(C)n2CC(C)(C)N. The Morgan fingerprint density at radius 3 is 2.41 bits per heavy atom. The predicted octanol–water partition coefficient (Wildman–Crippen LogP) is 0.743. The average Bonchev–Trinajstić information content (AvgIpc) is 2.72. The summed E-state index contributed by atoms with van der Waals surface area (Å²) in [6.07, 6.45) is 1.83. The Bertz CT molecular complexity index is 804. The van der Waals surface area contributed by atoms with Crippen LogP contribution in [0.25, 0.3) is 11.2 Å². The van der Waals surface area contributed by atoms with Crippen LogP contribution in [-0.2, 0) is 20.1 Å². The first-order chi connectivity index (χ1) is 10.2. The fourth-order valence-corrected chi connectivity index (χ4v) is 2.58. The van der Waals surface area contributed by atoms with Crippen LogP contribution in [0.1, 0.15) is 39.4 Å². The Morgan fingerprint density at radius 2 is 1.86 bits per heavy atom. The molecule has 0 radical (unpaired) electrons. The average molecular weight is 307 g/mol. The topological polar surface area (TPSA) is 87.8 Å². The third kappa shape index (κ3) is 2.85. The molecule has 2 aromatic rings. The van der Waals surface area contributed by atoms with Crippen molar-refractivity contribution in [2.75, 3.05) is 0 Å². The van der Waals surface area contributed by atoms with E-state index in [2.05, 4.69) is 11.9 Å². The first kappa shape index (κ1) is 16.5. The third-order valence-corrected chi connectivity index (χ3v) is 3.72. The van der Waals surface area contributed by atoms with E-state index < -0.39 is 5.54 Å². The van der Waals surface area contributed by atoms with Crippen molar-refractivity contribution >= 4 is 11.2 Å². The van der Waals surface area contributed by atoms with Gasteiger partial charge < -0.3 is 10.3 Å². The van der Waals surface area contributed by atoms with E-state index in [4.69, 9.17) is 5.73 Å². The van der Waals surface area contributed by atoms with Crippen molar-refractivity contribution in [1.82, 2.24) is 18.7 Å². The van der Waals surface area contributed by atoms with E-state index in [1.165, 1.54) is 7.05 Å². The molecule has 0 aromatic carbocycles. The van der Waals surface area contributed by atoms with Gasteiger partial charge in [-0.15, -0.1) is 0 Å². The second-order valence-corrected chi connectivity index (χ2v) is 6.56. The van der Waals surface area contributed by atoms with E-state index in [1.54, 1.807) is 4.57 Å². The monoisotopic (exact) mass is 307 g/mol. The maximum absolute atomic E-state index is 12.5. The summed E-state index contributed by atoms with van der Waals surface area (Å²) >= 11 is 0. The quantitative estimate of drug-likeness (QED) is 0.882. The molecule has 0 unspecified atom stereocenters. The van der Waals surface area contributed by atoms with Crippen LogP contribution in [0.15, 0.2) is 9.59 Å². The lowest BCUT2D eigenvalue weighted by Gasteiger charge is -2.20. The minimum atomic E-state index is -0.478. The molecule has 0 saturated heterocycles. The summed E-state index contributed by atoms with van der Waals surface area (Å²) in [5.41, 5.74) is 5.89. The third-order valence-electron chi connectivity index (χ3n) is 3.72. The van der Waals surface area contributed by atoms with Gasteiger partial charge in [0, 0.05) is 25.7 Å². The molecule has 0 bridgehead atoms. The largest absolute Gasteiger partial charge is 0.332 e. The van der Waals surface area contributed by atoms with Crippen LogP contribution in [0, 0.1) is 6.92 Å². The summed E-state index contributed by atoms with van der Waals surface area (Å²) in [6.45, 7) is 8.72. The highest BCUT2D eigenvalue weighted by atomic mass is 16.2. The molecule has 2 heterocycles. The molecule has 7 nitrogen and oxygen atoms in total. The van der Waals surface area contributed by atoms with Crippen LogP contribution < -0.4 is 17.0 Å². The van der Waals surface area contributed by atoms with Crippen molar-refractivity contribution < 1.29 is 0 Å². The Kier molecular flexibility index (Phi) is 4.28. The van der Waals surface area contributed by atoms with E-state index in [9.17, 15) is 9.59 Å². The van der Waals surface area contributed by atoms with Gasteiger partial charge in [-0.05, 0) is 27.2 Å². The molecule has 0 atom stereocenters. The molecule has 2 aromatic heterocycles.